The zero-order chi connectivity index (χ0) is 14.7. The number of ether oxygens (including phenoxy) is 1. The molecule has 0 atom stereocenters. The highest BCUT2D eigenvalue weighted by molar-refractivity contribution is 6.07. The fourth-order valence-electron chi connectivity index (χ4n) is 1.77. The molecular formula is C14H15N3O3. The number of nitrogens with one attached hydrogen (secondary N) is 2. The Morgan fingerprint density at radius 3 is 2.60 bits per heavy atom. The summed E-state index contributed by atoms with van der Waals surface area (Å²) in [5, 5.41) is 9.22. The maximum Gasteiger partial charge on any atom is 0.339 e. The number of H-pyrrole nitrogens is 1. The van der Waals surface area contributed by atoms with E-state index < -0.39 is 5.97 Å². The Bertz CT molecular complexity index is 661. The molecule has 0 radical (unpaired) electrons. The molecule has 2 N–H and O–H groups in total. The van der Waals surface area contributed by atoms with Crippen molar-refractivity contribution in [2.45, 2.75) is 13.8 Å². The first-order chi connectivity index (χ1) is 9.51. The molecule has 0 spiro atoms. The predicted molar refractivity (Wildman–Crippen MR) is 73.8 cm³/mol. The number of aryl methyl sites for hydroxylation is 2. The molecule has 1 aromatic heterocycles. The summed E-state index contributed by atoms with van der Waals surface area (Å²) >= 11 is 0. The van der Waals surface area contributed by atoms with Crippen molar-refractivity contribution < 1.29 is 14.3 Å². The molecule has 0 aliphatic heterocycles. The molecule has 0 unspecified atom stereocenters. The lowest BCUT2D eigenvalue weighted by Crippen LogP contribution is -2.16. The smallest absolute Gasteiger partial charge is 0.339 e. The van der Waals surface area contributed by atoms with Crippen LogP contribution in [0, 0.1) is 13.8 Å². The number of anilines is 1. The second-order valence-corrected chi connectivity index (χ2v) is 4.43. The summed E-state index contributed by atoms with van der Waals surface area (Å²) in [4.78, 5) is 23.7. The molecule has 0 saturated carbocycles. The fourth-order valence-corrected chi connectivity index (χ4v) is 1.77. The minimum Gasteiger partial charge on any atom is -0.465 e. The van der Waals surface area contributed by atoms with Gasteiger partial charge in [0.1, 0.15) is 0 Å². The Balaban J connectivity index is 2.29. The number of rotatable bonds is 3. The van der Waals surface area contributed by atoms with Gasteiger partial charge in [-0.15, -0.1) is 0 Å². The van der Waals surface area contributed by atoms with Gasteiger partial charge in [0, 0.05) is 5.69 Å². The Morgan fingerprint density at radius 2 is 2.00 bits per heavy atom. The van der Waals surface area contributed by atoms with Crippen LogP contribution in [0.4, 0.5) is 5.69 Å². The number of benzene rings is 1. The number of nitrogens with zero attached hydrogens (tertiary/aromatic N) is 1. The summed E-state index contributed by atoms with van der Waals surface area (Å²) in [5.74, 6) is -0.884. The number of amides is 1. The number of carbonyl (C=O) groups excluding carboxylic acids is 2. The number of esters is 1. The van der Waals surface area contributed by atoms with Crippen molar-refractivity contribution >= 4 is 17.6 Å². The van der Waals surface area contributed by atoms with Crippen LogP contribution in [0.2, 0.25) is 0 Å². The molecule has 2 aromatic rings. The molecule has 0 aliphatic carbocycles. The van der Waals surface area contributed by atoms with Crippen LogP contribution in [0.15, 0.2) is 24.3 Å². The lowest BCUT2D eigenvalue weighted by molar-refractivity contribution is 0.0602. The number of carbonyl (C=O) groups is 2. The summed E-state index contributed by atoms with van der Waals surface area (Å²) in [5.41, 5.74) is 2.66. The van der Waals surface area contributed by atoms with E-state index in [9.17, 15) is 9.59 Å². The van der Waals surface area contributed by atoms with Gasteiger partial charge in [0.05, 0.1) is 18.4 Å². The molecule has 20 heavy (non-hydrogen) atoms. The Hall–Kier alpha value is -2.63. The third-order valence-corrected chi connectivity index (χ3v) is 2.77. The van der Waals surface area contributed by atoms with E-state index in [1.54, 1.807) is 31.2 Å². The zero-order valence-electron chi connectivity index (χ0n) is 11.5. The van der Waals surface area contributed by atoms with E-state index in [0.717, 1.165) is 11.3 Å². The van der Waals surface area contributed by atoms with Crippen LogP contribution in [0.5, 0.6) is 0 Å². The van der Waals surface area contributed by atoms with E-state index in [1.165, 1.54) is 7.11 Å². The van der Waals surface area contributed by atoms with Gasteiger partial charge in [0.25, 0.3) is 5.91 Å². The zero-order valence-corrected chi connectivity index (χ0v) is 11.5. The first-order valence-corrected chi connectivity index (χ1v) is 6.03. The third kappa shape index (κ3) is 2.85. The normalized spacial score (nSPS) is 10.2. The van der Waals surface area contributed by atoms with Crippen LogP contribution >= 0.6 is 0 Å². The van der Waals surface area contributed by atoms with Crippen LogP contribution < -0.4 is 5.32 Å². The van der Waals surface area contributed by atoms with Gasteiger partial charge in [-0.2, -0.15) is 5.10 Å². The van der Waals surface area contributed by atoms with Crippen molar-refractivity contribution in [2.75, 3.05) is 12.4 Å². The van der Waals surface area contributed by atoms with E-state index in [2.05, 4.69) is 15.5 Å². The largest absolute Gasteiger partial charge is 0.465 e. The molecule has 1 aromatic carbocycles. The van der Waals surface area contributed by atoms with Crippen LogP contribution in [0.1, 0.15) is 32.1 Å². The van der Waals surface area contributed by atoms with Gasteiger partial charge in [-0.1, -0.05) is 11.6 Å². The number of aromatic nitrogens is 2. The first-order valence-electron chi connectivity index (χ1n) is 6.03. The minimum atomic E-state index is -0.498. The second-order valence-electron chi connectivity index (χ2n) is 4.43. The van der Waals surface area contributed by atoms with Gasteiger partial charge in [0.2, 0.25) is 0 Å². The lowest BCUT2D eigenvalue weighted by atomic mass is 10.1. The fraction of sp³-hybridized carbons (Fsp3) is 0.214. The van der Waals surface area contributed by atoms with Gasteiger partial charge in [-0.3, -0.25) is 9.89 Å². The van der Waals surface area contributed by atoms with Crippen molar-refractivity contribution in [1.29, 1.82) is 0 Å². The first kappa shape index (κ1) is 13.8. The SMILES string of the molecule is COC(=O)c1cc(C)ccc1NC(=O)c1cc(C)[nH]n1. The van der Waals surface area contributed by atoms with E-state index in [-0.39, 0.29) is 11.6 Å². The molecule has 2 rings (SSSR count). The van der Waals surface area contributed by atoms with Crippen LogP contribution in [-0.2, 0) is 4.74 Å². The summed E-state index contributed by atoms with van der Waals surface area (Å²) in [6.07, 6.45) is 0. The molecule has 0 saturated heterocycles. The lowest BCUT2D eigenvalue weighted by Gasteiger charge is -2.09. The van der Waals surface area contributed by atoms with Crippen molar-refractivity contribution in [2.24, 2.45) is 0 Å². The van der Waals surface area contributed by atoms with E-state index in [4.69, 9.17) is 4.74 Å². The molecule has 0 bridgehead atoms. The highest BCUT2D eigenvalue weighted by atomic mass is 16.5. The molecule has 1 amide bonds. The average Bonchev–Trinajstić information content (AvgIpc) is 2.86. The average molecular weight is 273 g/mol. The molecule has 6 heteroatoms. The maximum atomic E-state index is 12.0. The van der Waals surface area contributed by atoms with Gasteiger partial charge >= 0.3 is 5.97 Å². The molecule has 0 fully saturated rings. The van der Waals surface area contributed by atoms with Gasteiger partial charge in [-0.05, 0) is 32.0 Å². The summed E-state index contributed by atoms with van der Waals surface area (Å²) in [6, 6.07) is 6.76. The standard InChI is InChI=1S/C14H15N3O3/c1-8-4-5-11(10(6-8)14(19)20-3)15-13(18)12-7-9(2)16-17-12/h4-7H,1-3H3,(H,15,18)(H,16,17). The number of methoxy groups -OCH3 is 1. The Labute approximate surface area is 116 Å². The third-order valence-electron chi connectivity index (χ3n) is 2.77. The second kappa shape index (κ2) is 5.56. The highest BCUT2D eigenvalue weighted by Gasteiger charge is 2.16. The molecular weight excluding hydrogens is 258 g/mol. The molecule has 6 nitrogen and oxygen atoms in total. The van der Waals surface area contributed by atoms with Crippen LogP contribution in [0.25, 0.3) is 0 Å². The van der Waals surface area contributed by atoms with E-state index in [1.807, 2.05) is 6.92 Å². The predicted octanol–water partition coefficient (Wildman–Crippen LogP) is 2.07. The quantitative estimate of drug-likeness (QED) is 0.838. The Morgan fingerprint density at radius 1 is 1.25 bits per heavy atom. The minimum absolute atomic E-state index is 0.263. The van der Waals surface area contributed by atoms with Gasteiger partial charge in [-0.25, -0.2) is 4.79 Å². The number of hydrogen-bond donors (Lipinski definition) is 2. The summed E-state index contributed by atoms with van der Waals surface area (Å²) in [6.45, 7) is 3.66. The maximum absolute atomic E-state index is 12.0. The Kier molecular flexibility index (Phi) is 3.84. The van der Waals surface area contributed by atoms with E-state index in [0.29, 0.717) is 11.3 Å². The van der Waals surface area contributed by atoms with Crippen molar-refractivity contribution in [1.82, 2.24) is 10.2 Å². The van der Waals surface area contributed by atoms with E-state index >= 15 is 0 Å². The van der Waals surface area contributed by atoms with Crippen molar-refractivity contribution in [3.05, 3.63) is 46.8 Å². The van der Waals surface area contributed by atoms with Crippen molar-refractivity contribution in [3.63, 3.8) is 0 Å². The molecule has 104 valence electrons. The highest BCUT2D eigenvalue weighted by Crippen LogP contribution is 2.19. The topological polar surface area (TPSA) is 84.1 Å². The summed E-state index contributed by atoms with van der Waals surface area (Å²) in [7, 11) is 1.30. The van der Waals surface area contributed by atoms with Crippen LogP contribution in [-0.4, -0.2) is 29.2 Å². The molecule has 1 heterocycles. The number of aromatic amines is 1. The van der Waals surface area contributed by atoms with Crippen LogP contribution in [0.3, 0.4) is 0 Å². The van der Waals surface area contributed by atoms with Gasteiger partial charge in [0.15, 0.2) is 5.69 Å². The summed E-state index contributed by atoms with van der Waals surface area (Å²) < 4.78 is 4.71. The van der Waals surface area contributed by atoms with Crippen molar-refractivity contribution in [3.8, 4) is 0 Å². The van der Waals surface area contributed by atoms with Gasteiger partial charge < -0.3 is 10.1 Å². The molecule has 0 aliphatic rings. The monoisotopic (exact) mass is 273 g/mol. The number of hydrogen-bond acceptors (Lipinski definition) is 4.